The number of carbonyl (C=O) groups excluding carboxylic acids is 2. The molecule has 4 N–H and O–H groups in total. The van der Waals surface area contributed by atoms with Crippen molar-refractivity contribution >= 4 is 17.8 Å². The maximum atomic E-state index is 12.4. The zero-order chi connectivity index (χ0) is 16.0. The fourth-order valence-electron chi connectivity index (χ4n) is 3.14. The van der Waals surface area contributed by atoms with Gasteiger partial charge in [-0.25, -0.2) is 4.79 Å². The molecule has 10 heteroatoms. The Kier molecular flexibility index (Phi) is 3.24. The monoisotopic (exact) mass is 307 g/mol. The average Bonchev–Trinajstić information content (AvgIpc) is 2.99. The van der Waals surface area contributed by atoms with Gasteiger partial charge in [0, 0.05) is 26.2 Å². The quantitative estimate of drug-likeness (QED) is 0.368. The summed E-state index contributed by atoms with van der Waals surface area (Å²) in [7, 11) is 3.21. The second kappa shape index (κ2) is 4.98. The molecule has 2 bridgehead atoms. The summed E-state index contributed by atoms with van der Waals surface area (Å²) in [6, 6.07) is -0.953. The van der Waals surface area contributed by atoms with E-state index < -0.39 is 11.9 Å². The third kappa shape index (κ3) is 1.84. The summed E-state index contributed by atoms with van der Waals surface area (Å²) >= 11 is 0. The van der Waals surface area contributed by atoms with E-state index in [9.17, 15) is 14.8 Å². The number of amidine groups is 1. The van der Waals surface area contributed by atoms with Crippen LogP contribution in [0.1, 0.15) is 23.3 Å². The number of fused-ring (bicyclic) bond motifs is 4. The molecular weight excluding hydrogens is 290 g/mol. The number of hydroxylamine groups is 1. The molecule has 118 valence electrons. The molecule has 3 amide bonds. The second-order valence-corrected chi connectivity index (χ2v) is 5.29. The molecule has 1 aromatic heterocycles. The fourth-order valence-corrected chi connectivity index (χ4v) is 3.14. The molecule has 2 atom stereocenters. The van der Waals surface area contributed by atoms with Gasteiger partial charge in [0.2, 0.25) is 5.91 Å². The predicted octanol–water partition coefficient (Wildman–Crippen LogP) is -1.16. The number of nitrogens with two attached hydrogens (primary N) is 1. The average molecular weight is 307 g/mol. The normalized spacial score (nSPS) is 23.8. The van der Waals surface area contributed by atoms with E-state index >= 15 is 0 Å². The maximum Gasteiger partial charge on any atom is 0.321 e. The number of nitrogens with zero attached hydrogens (tertiary/aromatic N) is 5. The van der Waals surface area contributed by atoms with E-state index in [0.29, 0.717) is 12.2 Å². The number of urea groups is 1. The molecule has 1 aromatic rings. The Labute approximate surface area is 126 Å². The largest absolute Gasteiger partial charge is 0.368 e. The highest BCUT2D eigenvalue weighted by molar-refractivity contribution is 5.93. The highest BCUT2D eigenvalue weighted by atomic mass is 16.5. The van der Waals surface area contributed by atoms with E-state index in [-0.39, 0.29) is 24.5 Å². The molecule has 1 fully saturated rings. The van der Waals surface area contributed by atoms with Crippen LogP contribution in [0.2, 0.25) is 0 Å². The number of likely N-dealkylation sites (N-methyl/N-ethyl adjacent to an activating group) is 1. The number of amides is 3. The van der Waals surface area contributed by atoms with Gasteiger partial charge < -0.3 is 15.5 Å². The Morgan fingerprint density at radius 1 is 1.64 bits per heavy atom. The summed E-state index contributed by atoms with van der Waals surface area (Å²) < 4.78 is 1.45. The van der Waals surface area contributed by atoms with Gasteiger partial charge in [0.1, 0.15) is 18.4 Å². The van der Waals surface area contributed by atoms with Crippen molar-refractivity contribution in [3.63, 3.8) is 0 Å². The molecule has 22 heavy (non-hydrogen) atoms. The lowest BCUT2D eigenvalue weighted by molar-refractivity contribution is -0.118. The number of hydrogen-bond donors (Lipinski definition) is 3. The first-order valence-corrected chi connectivity index (χ1v) is 6.73. The van der Waals surface area contributed by atoms with Crippen molar-refractivity contribution in [2.45, 2.75) is 18.6 Å². The van der Waals surface area contributed by atoms with Crippen LogP contribution in [0, 0.1) is 0 Å². The lowest BCUT2D eigenvalue weighted by Gasteiger charge is -2.31. The summed E-state index contributed by atoms with van der Waals surface area (Å²) in [6.45, 7) is 0.364. The first-order chi connectivity index (χ1) is 10.5. The van der Waals surface area contributed by atoms with Gasteiger partial charge in [-0.1, -0.05) is 0 Å². The Morgan fingerprint density at radius 2 is 2.36 bits per heavy atom. The third-order valence-corrected chi connectivity index (χ3v) is 4.14. The summed E-state index contributed by atoms with van der Waals surface area (Å²) in [4.78, 5) is 30.8. The van der Waals surface area contributed by atoms with E-state index in [4.69, 9.17) is 5.73 Å². The molecule has 3 rings (SSSR count). The highest BCUT2D eigenvalue weighted by Gasteiger charge is 2.49. The molecule has 0 aliphatic carbocycles. The Hall–Kier alpha value is -2.62. The molecule has 0 aromatic carbocycles. The maximum absolute atomic E-state index is 12.4. The zero-order valence-electron chi connectivity index (χ0n) is 12.2. The Balaban J connectivity index is 2.17. The third-order valence-electron chi connectivity index (χ3n) is 4.14. The SMILES string of the molecule is CN=C(NO)[C@@H]1c2c(cnn2CC(N)=O)[C@@H]2CN1C(=O)N2C. The smallest absolute Gasteiger partial charge is 0.321 e. The van der Waals surface area contributed by atoms with Crippen LogP contribution in [0.25, 0.3) is 0 Å². The number of nitrogens with one attached hydrogen (secondary N) is 1. The molecule has 10 nitrogen and oxygen atoms in total. The van der Waals surface area contributed by atoms with Gasteiger partial charge in [0.15, 0.2) is 0 Å². The molecule has 0 spiro atoms. The van der Waals surface area contributed by atoms with Crippen molar-refractivity contribution in [1.82, 2.24) is 25.1 Å². The van der Waals surface area contributed by atoms with Crippen molar-refractivity contribution in [2.24, 2.45) is 10.7 Å². The van der Waals surface area contributed by atoms with Crippen LogP contribution in [-0.2, 0) is 11.3 Å². The van der Waals surface area contributed by atoms with Crippen molar-refractivity contribution in [1.29, 1.82) is 0 Å². The van der Waals surface area contributed by atoms with Gasteiger partial charge in [-0.15, -0.1) is 0 Å². The minimum atomic E-state index is -0.638. The van der Waals surface area contributed by atoms with Crippen LogP contribution in [-0.4, -0.2) is 63.2 Å². The molecule has 2 aliphatic heterocycles. The topological polar surface area (TPSA) is 129 Å². The van der Waals surface area contributed by atoms with Gasteiger partial charge in [-0.3, -0.25) is 25.2 Å². The molecule has 0 unspecified atom stereocenters. The van der Waals surface area contributed by atoms with Gasteiger partial charge in [-0.2, -0.15) is 5.10 Å². The molecular formula is C12H17N7O3. The standard InChI is InChI=1S/C12H17N7O3/c1-14-11(16-22)10-9-6(3-15-19(9)5-8(13)20)7-4-18(10)12(21)17(7)2/h3,7,10,22H,4-5H2,1-2H3,(H2,13,20)(H,14,16)/t7-,10-/m0/s1. The first-order valence-electron chi connectivity index (χ1n) is 6.73. The fraction of sp³-hybridized carbons (Fsp3) is 0.500. The van der Waals surface area contributed by atoms with Crippen LogP contribution in [0.5, 0.6) is 0 Å². The van der Waals surface area contributed by atoms with Crippen molar-refractivity contribution in [3.8, 4) is 0 Å². The van der Waals surface area contributed by atoms with Crippen molar-refractivity contribution < 1.29 is 14.8 Å². The summed E-state index contributed by atoms with van der Waals surface area (Å²) in [5.74, 6) is -0.334. The van der Waals surface area contributed by atoms with Crippen LogP contribution >= 0.6 is 0 Å². The first kappa shape index (κ1) is 14.3. The van der Waals surface area contributed by atoms with Crippen LogP contribution in [0.3, 0.4) is 0 Å². The number of aromatic nitrogens is 2. The van der Waals surface area contributed by atoms with Gasteiger partial charge in [-0.05, 0) is 0 Å². The van der Waals surface area contributed by atoms with Gasteiger partial charge in [0.25, 0.3) is 0 Å². The lowest BCUT2D eigenvalue weighted by atomic mass is 9.97. The van der Waals surface area contributed by atoms with E-state index in [2.05, 4.69) is 10.1 Å². The van der Waals surface area contributed by atoms with E-state index in [1.807, 2.05) is 5.48 Å². The zero-order valence-corrected chi connectivity index (χ0v) is 12.2. The van der Waals surface area contributed by atoms with Crippen LogP contribution in [0.15, 0.2) is 11.2 Å². The number of carbonyl (C=O) groups is 2. The molecule has 1 saturated heterocycles. The van der Waals surface area contributed by atoms with Crippen molar-refractivity contribution in [3.05, 3.63) is 17.5 Å². The van der Waals surface area contributed by atoms with Gasteiger partial charge >= 0.3 is 6.03 Å². The Bertz CT molecular complexity index is 668. The summed E-state index contributed by atoms with van der Waals surface area (Å²) in [6.07, 6.45) is 1.63. The summed E-state index contributed by atoms with van der Waals surface area (Å²) in [5.41, 5.74) is 8.75. The van der Waals surface area contributed by atoms with Crippen molar-refractivity contribution in [2.75, 3.05) is 20.6 Å². The number of hydrogen-bond acceptors (Lipinski definition) is 5. The molecule has 0 radical (unpaired) electrons. The summed E-state index contributed by atoms with van der Waals surface area (Å²) in [5, 5.41) is 13.5. The molecule has 2 aliphatic rings. The lowest BCUT2D eigenvalue weighted by Crippen LogP contribution is -2.44. The van der Waals surface area contributed by atoms with E-state index in [0.717, 1.165) is 5.56 Å². The van der Waals surface area contributed by atoms with Crippen LogP contribution in [0.4, 0.5) is 4.79 Å². The number of aliphatic imine (C=N–C) groups is 1. The number of rotatable bonds is 3. The van der Waals surface area contributed by atoms with Crippen LogP contribution < -0.4 is 11.2 Å². The minimum Gasteiger partial charge on any atom is -0.368 e. The van der Waals surface area contributed by atoms with Gasteiger partial charge in [0.05, 0.1) is 17.9 Å². The Morgan fingerprint density at radius 3 is 2.95 bits per heavy atom. The van der Waals surface area contributed by atoms with E-state index in [1.165, 1.54) is 11.7 Å². The minimum absolute atomic E-state index is 0.104. The predicted molar refractivity (Wildman–Crippen MR) is 75.0 cm³/mol. The second-order valence-electron chi connectivity index (χ2n) is 5.29. The van der Waals surface area contributed by atoms with E-state index in [1.54, 1.807) is 23.0 Å². The highest BCUT2D eigenvalue weighted by Crippen LogP contribution is 2.43. The molecule has 3 heterocycles. The molecule has 0 saturated carbocycles. The number of primary amides is 1.